The van der Waals surface area contributed by atoms with E-state index in [9.17, 15) is 4.79 Å². The highest BCUT2D eigenvalue weighted by Gasteiger charge is 2.25. The van der Waals surface area contributed by atoms with Gasteiger partial charge in [0.2, 0.25) is 0 Å². The first-order valence-corrected chi connectivity index (χ1v) is 5.63. The van der Waals surface area contributed by atoms with E-state index in [0.717, 1.165) is 19.4 Å². The SMILES string of the molecule is CCOC(=O)/C(=C\I)C1CCCO1. The van der Waals surface area contributed by atoms with Crippen LogP contribution < -0.4 is 0 Å². The molecule has 1 fully saturated rings. The van der Waals surface area contributed by atoms with Crippen molar-refractivity contribution in [2.24, 2.45) is 0 Å². The molecular formula is C9H13IO3. The van der Waals surface area contributed by atoms with Crippen molar-refractivity contribution in [2.45, 2.75) is 25.9 Å². The van der Waals surface area contributed by atoms with E-state index in [2.05, 4.69) is 22.6 Å². The van der Waals surface area contributed by atoms with Crippen LogP contribution in [0.5, 0.6) is 0 Å². The normalized spacial score (nSPS) is 23.2. The topological polar surface area (TPSA) is 35.5 Å². The highest BCUT2D eigenvalue weighted by molar-refractivity contribution is 14.1. The summed E-state index contributed by atoms with van der Waals surface area (Å²) >= 11 is 2.05. The molecule has 13 heavy (non-hydrogen) atoms. The standard InChI is InChI=1S/C9H13IO3/c1-2-12-9(11)7(6-10)8-4-3-5-13-8/h6,8H,2-5H2,1H3/b7-6-. The Morgan fingerprint density at radius 3 is 3.00 bits per heavy atom. The Bertz CT molecular complexity index is 207. The lowest BCUT2D eigenvalue weighted by atomic mass is 10.1. The molecule has 0 amide bonds. The summed E-state index contributed by atoms with van der Waals surface area (Å²) in [6.07, 6.45) is 1.90. The van der Waals surface area contributed by atoms with Gasteiger partial charge in [-0.25, -0.2) is 4.79 Å². The van der Waals surface area contributed by atoms with Crippen molar-refractivity contribution in [3.8, 4) is 0 Å². The van der Waals surface area contributed by atoms with Gasteiger partial charge in [-0.1, -0.05) is 22.6 Å². The molecule has 0 spiro atoms. The molecule has 74 valence electrons. The van der Waals surface area contributed by atoms with Crippen molar-refractivity contribution < 1.29 is 14.3 Å². The molecule has 1 aliphatic heterocycles. The summed E-state index contributed by atoms with van der Waals surface area (Å²) in [5.74, 6) is -0.246. The van der Waals surface area contributed by atoms with Gasteiger partial charge < -0.3 is 9.47 Å². The summed E-state index contributed by atoms with van der Waals surface area (Å²) < 4.78 is 12.1. The minimum absolute atomic E-state index is 0.0454. The molecule has 0 saturated carbocycles. The number of ether oxygens (including phenoxy) is 2. The molecule has 0 aromatic heterocycles. The highest BCUT2D eigenvalue weighted by Crippen LogP contribution is 2.21. The van der Waals surface area contributed by atoms with Gasteiger partial charge in [0.05, 0.1) is 18.3 Å². The lowest BCUT2D eigenvalue weighted by molar-refractivity contribution is -0.139. The van der Waals surface area contributed by atoms with Gasteiger partial charge in [-0.15, -0.1) is 0 Å². The fourth-order valence-electron chi connectivity index (χ4n) is 1.28. The summed E-state index contributed by atoms with van der Waals surface area (Å²) in [7, 11) is 0. The molecule has 1 rings (SSSR count). The number of carbonyl (C=O) groups is 1. The van der Waals surface area contributed by atoms with Gasteiger partial charge in [0.1, 0.15) is 0 Å². The molecule has 0 aromatic carbocycles. The van der Waals surface area contributed by atoms with Gasteiger partial charge in [0.15, 0.2) is 0 Å². The maximum Gasteiger partial charge on any atom is 0.337 e. The van der Waals surface area contributed by atoms with Gasteiger partial charge >= 0.3 is 5.97 Å². The van der Waals surface area contributed by atoms with Crippen molar-refractivity contribution in [1.29, 1.82) is 0 Å². The minimum atomic E-state index is -0.246. The van der Waals surface area contributed by atoms with E-state index in [1.807, 2.05) is 0 Å². The Hall–Kier alpha value is -0.100. The fourth-order valence-corrected chi connectivity index (χ4v) is 1.94. The lowest BCUT2D eigenvalue weighted by Gasteiger charge is -2.11. The fraction of sp³-hybridized carbons (Fsp3) is 0.667. The van der Waals surface area contributed by atoms with Crippen LogP contribution in [0.4, 0.5) is 0 Å². The van der Waals surface area contributed by atoms with E-state index in [-0.39, 0.29) is 12.1 Å². The molecule has 1 aliphatic rings. The van der Waals surface area contributed by atoms with E-state index < -0.39 is 0 Å². The smallest absolute Gasteiger partial charge is 0.337 e. The molecule has 0 aliphatic carbocycles. The molecule has 0 N–H and O–H groups in total. The zero-order valence-electron chi connectivity index (χ0n) is 7.59. The number of rotatable bonds is 3. The van der Waals surface area contributed by atoms with Crippen LogP contribution in [0.15, 0.2) is 9.66 Å². The van der Waals surface area contributed by atoms with Crippen LogP contribution in [0.1, 0.15) is 19.8 Å². The van der Waals surface area contributed by atoms with Crippen LogP contribution in [-0.2, 0) is 14.3 Å². The zero-order valence-corrected chi connectivity index (χ0v) is 9.74. The highest BCUT2D eigenvalue weighted by atomic mass is 127. The molecule has 1 heterocycles. The van der Waals surface area contributed by atoms with Gasteiger partial charge in [-0.05, 0) is 23.8 Å². The monoisotopic (exact) mass is 296 g/mol. The zero-order chi connectivity index (χ0) is 9.68. The molecule has 1 saturated heterocycles. The van der Waals surface area contributed by atoms with Crippen molar-refractivity contribution >= 4 is 28.6 Å². The van der Waals surface area contributed by atoms with E-state index in [0.29, 0.717) is 12.2 Å². The van der Waals surface area contributed by atoms with E-state index >= 15 is 0 Å². The molecule has 1 atom stereocenters. The average Bonchev–Trinajstić information content (AvgIpc) is 2.59. The van der Waals surface area contributed by atoms with Gasteiger partial charge in [0, 0.05) is 6.61 Å². The van der Waals surface area contributed by atoms with Crippen LogP contribution in [0.3, 0.4) is 0 Å². The molecule has 3 nitrogen and oxygen atoms in total. The van der Waals surface area contributed by atoms with Crippen LogP contribution in [-0.4, -0.2) is 25.3 Å². The summed E-state index contributed by atoms with van der Waals surface area (Å²) in [5, 5.41) is 0. The number of hydrogen-bond donors (Lipinski definition) is 0. The summed E-state index contributed by atoms with van der Waals surface area (Å²) in [6, 6.07) is 0. The van der Waals surface area contributed by atoms with Crippen molar-refractivity contribution in [1.82, 2.24) is 0 Å². The molecule has 0 aromatic rings. The Kier molecular flexibility index (Phi) is 4.72. The lowest BCUT2D eigenvalue weighted by Crippen LogP contribution is -2.19. The van der Waals surface area contributed by atoms with Crippen molar-refractivity contribution in [3.05, 3.63) is 9.66 Å². The van der Waals surface area contributed by atoms with Crippen molar-refractivity contribution in [3.63, 3.8) is 0 Å². The van der Waals surface area contributed by atoms with Crippen molar-refractivity contribution in [2.75, 3.05) is 13.2 Å². The maximum atomic E-state index is 11.4. The summed E-state index contributed by atoms with van der Waals surface area (Å²) in [6.45, 7) is 2.97. The third kappa shape index (κ3) is 2.95. The van der Waals surface area contributed by atoms with E-state index in [1.165, 1.54) is 0 Å². The quantitative estimate of drug-likeness (QED) is 0.454. The molecule has 1 unspecified atom stereocenters. The first-order chi connectivity index (χ1) is 6.29. The molecule has 4 heteroatoms. The molecule has 0 bridgehead atoms. The average molecular weight is 296 g/mol. The Labute approximate surface area is 91.6 Å². The first kappa shape index (κ1) is 11.0. The Morgan fingerprint density at radius 2 is 2.54 bits per heavy atom. The molecule has 0 radical (unpaired) electrons. The summed E-state index contributed by atoms with van der Waals surface area (Å²) in [5.41, 5.74) is 0.653. The van der Waals surface area contributed by atoms with Gasteiger partial charge in [0.25, 0.3) is 0 Å². The van der Waals surface area contributed by atoms with Gasteiger partial charge in [-0.3, -0.25) is 0 Å². The Morgan fingerprint density at radius 1 is 1.77 bits per heavy atom. The van der Waals surface area contributed by atoms with Crippen LogP contribution in [0, 0.1) is 0 Å². The predicted molar refractivity (Wildman–Crippen MR) is 57.7 cm³/mol. The Balaban J connectivity index is 2.56. The first-order valence-electron chi connectivity index (χ1n) is 4.38. The predicted octanol–water partition coefficient (Wildman–Crippen LogP) is 2.05. The van der Waals surface area contributed by atoms with E-state index in [1.54, 1.807) is 11.0 Å². The number of esters is 1. The minimum Gasteiger partial charge on any atom is -0.463 e. The maximum absolute atomic E-state index is 11.4. The third-order valence-electron chi connectivity index (χ3n) is 1.91. The second kappa shape index (κ2) is 5.59. The third-order valence-corrected chi connectivity index (χ3v) is 2.58. The van der Waals surface area contributed by atoms with Crippen LogP contribution >= 0.6 is 22.6 Å². The van der Waals surface area contributed by atoms with Crippen LogP contribution in [0.25, 0.3) is 0 Å². The second-order valence-electron chi connectivity index (χ2n) is 2.79. The second-order valence-corrected chi connectivity index (χ2v) is 3.41. The number of halogens is 1. The number of hydrogen-bond acceptors (Lipinski definition) is 3. The summed E-state index contributed by atoms with van der Waals surface area (Å²) in [4.78, 5) is 11.4. The van der Waals surface area contributed by atoms with E-state index in [4.69, 9.17) is 9.47 Å². The number of carbonyl (C=O) groups excluding carboxylic acids is 1. The van der Waals surface area contributed by atoms with Crippen LogP contribution in [0.2, 0.25) is 0 Å². The largest absolute Gasteiger partial charge is 0.463 e. The molecular weight excluding hydrogens is 283 g/mol. The van der Waals surface area contributed by atoms with Gasteiger partial charge in [-0.2, -0.15) is 0 Å².